The number of ether oxygens (including phenoxy) is 2. The molecule has 7 heteroatoms. The van der Waals surface area contributed by atoms with Crippen molar-refractivity contribution in [2.75, 3.05) is 0 Å². The van der Waals surface area contributed by atoms with Crippen LogP contribution in [0.25, 0.3) is 0 Å². The number of hydrogen-bond donors (Lipinski definition) is 2. The maximum atomic E-state index is 10.7. The summed E-state index contributed by atoms with van der Waals surface area (Å²) in [6.07, 6.45) is -0.781. The molecule has 2 unspecified atom stereocenters. The van der Waals surface area contributed by atoms with Gasteiger partial charge in [-0.15, -0.1) is 0 Å². The molecule has 0 bridgehead atoms. The standard InChI is InChI=1S/C28H38O6.K/c1-17(2)25-22(12-11-20(29)13-21(30)14-24(31)32)27-23(15-28(4,5)34-27)18(3)26(25)33-16-19-9-7-6-8-10-19;/h6-10,17,20-21,29-30H,11-16H2,1-5H3,(H,31,32);/q;+1/p-1. The first-order chi connectivity index (χ1) is 16.0. The number of carbonyl (C=O) groups excluding carboxylic acids is 1. The topological polar surface area (TPSA) is 99.1 Å². The molecule has 6 nitrogen and oxygen atoms in total. The van der Waals surface area contributed by atoms with Crippen molar-refractivity contribution in [3.8, 4) is 11.5 Å². The fourth-order valence-corrected chi connectivity index (χ4v) is 4.82. The Morgan fingerprint density at radius 1 is 1.17 bits per heavy atom. The van der Waals surface area contributed by atoms with Gasteiger partial charge >= 0.3 is 51.4 Å². The summed E-state index contributed by atoms with van der Waals surface area (Å²) in [4.78, 5) is 10.7. The fourth-order valence-electron chi connectivity index (χ4n) is 4.82. The van der Waals surface area contributed by atoms with Crippen LogP contribution in [0, 0.1) is 6.92 Å². The average molecular weight is 509 g/mol. The van der Waals surface area contributed by atoms with Crippen molar-refractivity contribution in [1.82, 2.24) is 0 Å². The molecule has 0 aliphatic carbocycles. The summed E-state index contributed by atoms with van der Waals surface area (Å²) in [5, 5.41) is 31.1. The van der Waals surface area contributed by atoms with E-state index in [-0.39, 0.29) is 69.3 Å². The van der Waals surface area contributed by atoms with Crippen LogP contribution in [0.15, 0.2) is 30.3 Å². The third kappa shape index (κ3) is 8.02. The van der Waals surface area contributed by atoms with E-state index < -0.39 is 24.6 Å². The number of aliphatic carboxylic acids is 1. The summed E-state index contributed by atoms with van der Waals surface area (Å²) in [5.41, 5.74) is 5.09. The molecule has 2 atom stereocenters. The van der Waals surface area contributed by atoms with Gasteiger partial charge in [0.15, 0.2) is 0 Å². The third-order valence-corrected chi connectivity index (χ3v) is 6.37. The summed E-state index contributed by atoms with van der Waals surface area (Å²) in [7, 11) is 0. The van der Waals surface area contributed by atoms with Crippen molar-refractivity contribution in [2.24, 2.45) is 0 Å². The molecular formula is C28H37KO6. The quantitative estimate of drug-likeness (QED) is 0.432. The van der Waals surface area contributed by atoms with Crippen molar-refractivity contribution in [3.05, 3.63) is 58.1 Å². The van der Waals surface area contributed by atoms with E-state index >= 15 is 0 Å². The second-order valence-corrected chi connectivity index (χ2v) is 10.3. The van der Waals surface area contributed by atoms with Crippen molar-refractivity contribution in [1.29, 1.82) is 0 Å². The first-order valence-corrected chi connectivity index (χ1v) is 12.1. The molecule has 0 spiro atoms. The van der Waals surface area contributed by atoms with Crippen LogP contribution >= 0.6 is 0 Å². The van der Waals surface area contributed by atoms with Crippen molar-refractivity contribution >= 4 is 5.97 Å². The van der Waals surface area contributed by atoms with Crippen LogP contribution in [0.5, 0.6) is 11.5 Å². The van der Waals surface area contributed by atoms with Gasteiger partial charge in [-0.1, -0.05) is 44.2 Å². The van der Waals surface area contributed by atoms with E-state index in [0.29, 0.717) is 19.4 Å². The predicted molar refractivity (Wildman–Crippen MR) is 129 cm³/mol. The molecule has 186 valence electrons. The fraction of sp³-hybridized carbons (Fsp3) is 0.536. The Morgan fingerprint density at radius 2 is 1.83 bits per heavy atom. The SMILES string of the molecule is Cc1c2c(c(CCC(O)CC(O)CC(=O)[O-])c(C(C)C)c1OCc1ccccc1)OC(C)(C)C2.[K+]. The Hall–Kier alpha value is -0.934. The van der Waals surface area contributed by atoms with Crippen molar-refractivity contribution in [3.63, 3.8) is 0 Å². The first kappa shape index (κ1) is 30.3. The minimum Gasteiger partial charge on any atom is -0.550 e. The summed E-state index contributed by atoms with van der Waals surface area (Å²) in [6.45, 7) is 10.9. The Morgan fingerprint density at radius 3 is 2.43 bits per heavy atom. The molecule has 1 aliphatic heterocycles. The normalized spacial score (nSPS) is 15.7. The van der Waals surface area contributed by atoms with Gasteiger partial charge in [0.2, 0.25) is 0 Å². The third-order valence-electron chi connectivity index (χ3n) is 6.37. The van der Waals surface area contributed by atoms with Crippen LogP contribution in [0.1, 0.15) is 80.7 Å². The van der Waals surface area contributed by atoms with Gasteiger partial charge in [-0.05, 0) is 57.1 Å². The molecule has 0 radical (unpaired) electrons. The molecule has 0 amide bonds. The van der Waals surface area contributed by atoms with Crippen LogP contribution in [-0.2, 0) is 24.2 Å². The molecular weight excluding hydrogens is 471 g/mol. The average Bonchev–Trinajstić information content (AvgIpc) is 3.07. The van der Waals surface area contributed by atoms with Crippen LogP contribution in [0.4, 0.5) is 0 Å². The monoisotopic (exact) mass is 508 g/mol. The molecule has 3 rings (SSSR count). The summed E-state index contributed by atoms with van der Waals surface area (Å²) >= 11 is 0. The maximum absolute atomic E-state index is 10.7. The van der Waals surface area contributed by atoms with Gasteiger partial charge in [0.05, 0.1) is 12.2 Å². The molecule has 0 aromatic heterocycles. The van der Waals surface area contributed by atoms with Crippen LogP contribution in [0.3, 0.4) is 0 Å². The molecule has 0 fully saturated rings. The van der Waals surface area contributed by atoms with Gasteiger partial charge in [0.1, 0.15) is 23.7 Å². The van der Waals surface area contributed by atoms with E-state index in [0.717, 1.165) is 45.7 Å². The molecule has 0 saturated carbocycles. The Kier molecular flexibility index (Phi) is 11.3. The molecule has 1 aliphatic rings. The van der Waals surface area contributed by atoms with Gasteiger partial charge in [0, 0.05) is 35.5 Å². The molecule has 2 N–H and O–H groups in total. The number of carboxylic acids is 1. The van der Waals surface area contributed by atoms with E-state index in [1.54, 1.807) is 0 Å². The number of hydrogen-bond acceptors (Lipinski definition) is 6. The summed E-state index contributed by atoms with van der Waals surface area (Å²) in [6, 6.07) is 10.1. The van der Waals surface area contributed by atoms with Crippen molar-refractivity contribution in [2.45, 2.75) is 97.1 Å². The van der Waals surface area contributed by atoms with Crippen LogP contribution < -0.4 is 66.0 Å². The smallest absolute Gasteiger partial charge is 0.550 e. The number of carboxylic acid groups (broad SMARTS) is 1. The first-order valence-electron chi connectivity index (χ1n) is 12.1. The van der Waals surface area contributed by atoms with Gasteiger partial charge in [-0.25, -0.2) is 0 Å². The minimum absolute atomic E-state index is 0. The second kappa shape index (κ2) is 13.0. The molecule has 2 aromatic rings. The van der Waals surface area contributed by atoms with Gasteiger partial charge in [0.25, 0.3) is 0 Å². The van der Waals surface area contributed by atoms with Crippen molar-refractivity contribution < 1.29 is 81.0 Å². The van der Waals surface area contributed by atoms with E-state index in [1.165, 1.54) is 0 Å². The minimum atomic E-state index is -1.33. The molecule has 2 aromatic carbocycles. The predicted octanol–water partition coefficient (Wildman–Crippen LogP) is 0.599. The molecule has 0 saturated heterocycles. The number of fused-ring (bicyclic) bond motifs is 1. The van der Waals surface area contributed by atoms with E-state index in [2.05, 4.69) is 34.6 Å². The Balaban J connectivity index is 0.00000432. The second-order valence-electron chi connectivity index (χ2n) is 10.3. The van der Waals surface area contributed by atoms with Crippen LogP contribution in [-0.4, -0.2) is 34.0 Å². The number of aliphatic hydroxyl groups is 2. The zero-order valence-electron chi connectivity index (χ0n) is 21.9. The molecule has 1 heterocycles. The van der Waals surface area contributed by atoms with E-state index in [9.17, 15) is 20.1 Å². The van der Waals surface area contributed by atoms with Gasteiger partial charge in [-0.2, -0.15) is 0 Å². The maximum Gasteiger partial charge on any atom is 1.00 e. The van der Waals surface area contributed by atoms with E-state index in [4.69, 9.17) is 9.47 Å². The number of carbonyl (C=O) groups is 1. The van der Waals surface area contributed by atoms with Gasteiger partial charge < -0.3 is 29.6 Å². The van der Waals surface area contributed by atoms with Gasteiger partial charge in [-0.3, -0.25) is 0 Å². The zero-order valence-corrected chi connectivity index (χ0v) is 25.0. The zero-order chi connectivity index (χ0) is 25.0. The number of aliphatic hydroxyl groups excluding tert-OH is 2. The number of rotatable bonds is 11. The largest absolute Gasteiger partial charge is 1.00 e. The Labute approximate surface area is 251 Å². The Bertz CT molecular complexity index is 1000. The van der Waals surface area contributed by atoms with E-state index in [1.807, 2.05) is 30.3 Å². The molecule has 35 heavy (non-hydrogen) atoms. The number of benzene rings is 2. The van der Waals surface area contributed by atoms with Crippen LogP contribution in [0.2, 0.25) is 0 Å². The summed E-state index contributed by atoms with van der Waals surface area (Å²) in [5.74, 6) is 0.591. The summed E-state index contributed by atoms with van der Waals surface area (Å²) < 4.78 is 12.8.